The standard InChI is InChI=1S/C14H19NO3.ClH/c1-16-11-6-10(7-12-14(11)18-8-17-12)13(15)9-4-2-3-5-9;/h6-7,9,13H,2-5,8,15H2,1H3;1H/t13-;/m1./s1. The van der Waals surface area contributed by atoms with Gasteiger partial charge >= 0.3 is 0 Å². The second kappa shape index (κ2) is 5.88. The lowest BCUT2D eigenvalue weighted by Gasteiger charge is -2.20. The van der Waals surface area contributed by atoms with Gasteiger partial charge in [0.2, 0.25) is 12.5 Å². The van der Waals surface area contributed by atoms with Crippen LogP contribution in [0.1, 0.15) is 37.3 Å². The Balaban J connectivity index is 0.00000133. The monoisotopic (exact) mass is 285 g/mol. The van der Waals surface area contributed by atoms with Gasteiger partial charge in [0, 0.05) is 6.04 Å². The van der Waals surface area contributed by atoms with Gasteiger partial charge in [0.1, 0.15) is 0 Å². The Hall–Kier alpha value is -1.13. The van der Waals surface area contributed by atoms with Crippen LogP contribution in [0.5, 0.6) is 17.2 Å². The first-order chi connectivity index (χ1) is 8.79. The topological polar surface area (TPSA) is 53.7 Å². The number of methoxy groups -OCH3 is 1. The number of hydrogen-bond donors (Lipinski definition) is 1. The van der Waals surface area contributed by atoms with Crippen LogP contribution in [-0.4, -0.2) is 13.9 Å². The van der Waals surface area contributed by atoms with E-state index in [1.165, 1.54) is 25.7 Å². The maximum Gasteiger partial charge on any atom is 0.231 e. The summed E-state index contributed by atoms with van der Waals surface area (Å²) in [6.45, 7) is 0.258. The summed E-state index contributed by atoms with van der Waals surface area (Å²) in [5.74, 6) is 2.74. The van der Waals surface area contributed by atoms with Crippen LogP contribution in [0.15, 0.2) is 12.1 Å². The predicted molar refractivity (Wildman–Crippen MR) is 75.3 cm³/mol. The molecule has 1 atom stereocenters. The summed E-state index contributed by atoms with van der Waals surface area (Å²) in [5, 5.41) is 0. The number of fused-ring (bicyclic) bond motifs is 1. The highest BCUT2D eigenvalue weighted by atomic mass is 35.5. The largest absolute Gasteiger partial charge is 0.493 e. The molecule has 0 bridgehead atoms. The lowest BCUT2D eigenvalue weighted by molar-refractivity contribution is 0.171. The van der Waals surface area contributed by atoms with Crippen LogP contribution in [0.4, 0.5) is 0 Å². The fourth-order valence-corrected chi connectivity index (χ4v) is 2.93. The Bertz CT molecular complexity index is 447. The normalized spacial score (nSPS) is 19.1. The van der Waals surface area contributed by atoms with Crippen LogP contribution >= 0.6 is 12.4 Å². The Labute approximate surface area is 119 Å². The molecule has 2 N–H and O–H groups in total. The minimum atomic E-state index is 0. The zero-order valence-corrected chi connectivity index (χ0v) is 11.9. The predicted octanol–water partition coefficient (Wildman–Crippen LogP) is 3.04. The molecule has 0 spiro atoms. The molecule has 1 aromatic rings. The summed E-state index contributed by atoms with van der Waals surface area (Å²) in [7, 11) is 1.64. The van der Waals surface area contributed by atoms with Gasteiger partial charge in [0.15, 0.2) is 11.5 Å². The minimum absolute atomic E-state index is 0. The van der Waals surface area contributed by atoms with Crippen molar-refractivity contribution in [2.45, 2.75) is 31.7 Å². The highest BCUT2D eigenvalue weighted by Crippen LogP contribution is 2.44. The van der Waals surface area contributed by atoms with Gasteiger partial charge in [-0.3, -0.25) is 0 Å². The molecule has 0 unspecified atom stereocenters. The lowest BCUT2D eigenvalue weighted by atomic mass is 9.92. The summed E-state index contributed by atoms with van der Waals surface area (Å²) in [4.78, 5) is 0. The molecule has 1 aliphatic heterocycles. The fraction of sp³-hybridized carbons (Fsp3) is 0.571. The van der Waals surface area contributed by atoms with Crippen molar-refractivity contribution in [2.24, 2.45) is 11.7 Å². The first-order valence-electron chi connectivity index (χ1n) is 6.52. The molecule has 0 amide bonds. The average Bonchev–Trinajstić information content (AvgIpc) is 3.07. The van der Waals surface area contributed by atoms with E-state index in [2.05, 4.69) is 0 Å². The Morgan fingerprint density at radius 3 is 2.68 bits per heavy atom. The molecule has 0 radical (unpaired) electrons. The highest BCUT2D eigenvalue weighted by molar-refractivity contribution is 5.85. The van der Waals surface area contributed by atoms with E-state index in [0.717, 1.165) is 11.3 Å². The zero-order valence-electron chi connectivity index (χ0n) is 11.1. The molecule has 3 rings (SSSR count). The second-order valence-corrected chi connectivity index (χ2v) is 5.03. The Morgan fingerprint density at radius 1 is 1.26 bits per heavy atom. The molecule has 1 fully saturated rings. The van der Waals surface area contributed by atoms with Crippen LogP contribution < -0.4 is 19.9 Å². The van der Waals surface area contributed by atoms with E-state index >= 15 is 0 Å². The number of ether oxygens (including phenoxy) is 3. The van der Waals surface area contributed by atoms with Gasteiger partial charge in [0.25, 0.3) is 0 Å². The molecule has 1 saturated carbocycles. The fourth-order valence-electron chi connectivity index (χ4n) is 2.93. The van der Waals surface area contributed by atoms with Gasteiger partial charge in [-0.15, -0.1) is 12.4 Å². The molecule has 2 aliphatic rings. The van der Waals surface area contributed by atoms with Crippen molar-refractivity contribution >= 4 is 12.4 Å². The number of rotatable bonds is 3. The van der Waals surface area contributed by atoms with E-state index in [1.807, 2.05) is 12.1 Å². The van der Waals surface area contributed by atoms with Crippen molar-refractivity contribution in [1.82, 2.24) is 0 Å². The third-order valence-electron chi connectivity index (χ3n) is 3.97. The minimum Gasteiger partial charge on any atom is -0.493 e. The molecule has 1 aliphatic carbocycles. The zero-order chi connectivity index (χ0) is 12.5. The molecule has 19 heavy (non-hydrogen) atoms. The summed E-state index contributed by atoms with van der Waals surface area (Å²) >= 11 is 0. The molecule has 0 aromatic heterocycles. The molecule has 106 valence electrons. The molecule has 0 saturated heterocycles. The van der Waals surface area contributed by atoms with E-state index in [-0.39, 0.29) is 25.2 Å². The first-order valence-corrected chi connectivity index (χ1v) is 6.52. The van der Waals surface area contributed by atoms with E-state index in [1.54, 1.807) is 7.11 Å². The molecular formula is C14H20ClNO3. The van der Waals surface area contributed by atoms with Gasteiger partial charge in [-0.2, -0.15) is 0 Å². The van der Waals surface area contributed by atoms with E-state index in [4.69, 9.17) is 19.9 Å². The lowest BCUT2D eigenvalue weighted by Crippen LogP contribution is -2.19. The first kappa shape index (κ1) is 14.3. The number of halogens is 1. The van der Waals surface area contributed by atoms with Crippen molar-refractivity contribution in [1.29, 1.82) is 0 Å². The smallest absolute Gasteiger partial charge is 0.231 e. The van der Waals surface area contributed by atoms with Gasteiger partial charge in [-0.05, 0) is 36.5 Å². The van der Waals surface area contributed by atoms with Crippen molar-refractivity contribution in [2.75, 3.05) is 13.9 Å². The SMILES string of the molecule is COc1cc([C@H](N)C2CCCC2)cc2c1OCO2.Cl. The van der Waals surface area contributed by atoms with Gasteiger partial charge in [-0.1, -0.05) is 12.8 Å². The summed E-state index contributed by atoms with van der Waals surface area (Å²) < 4.78 is 16.2. The third kappa shape index (κ3) is 2.60. The van der Waals surface area contributed by atoms with Crippen LogP contribution in [0.3, 0.4) is 0 Å². The van der Waals surface area contributed by atoms with Crippen molar-refractivity contribution in [3.05, 3.63) is 17.7 Å². The maximum absolute atomic E-state index is 6.37. The van der Waals surface area contributed by atoms with Crippen LogP contribution in [0.2, 0.25) is 0 Å². The number of hydrogen-bond acceptors (Lipinski definition) is 4. The Morgan fingerprint density at radius 2 is 2.00 bits per heavy atom. The molecule has 5 heteroatoms. The molecule has 4 nitrogen and oxygen atoms in total. The second-order valence-electron chi connectivity index (χ2n) is 5.03. The molecule has 1 aromatic carbocycles. The molecular weight excluding hydrogens is 266 g/mol. The third-order valence-corrected chi connectivity index (χ3v) is 3.97. The van der Waals surface area contributed by atoms with Crippen molar-refractivity contribution in [3.8, 4) is 17.2 Å². The van der Waals surface area contributed by atoms with Crippen LogP contribution in [-0.2, 0) is 0 Å². The summed E-state index contributed by atoms with van der Waals surface area (Å²) in [6.07, 6.45) is 5.02. The van der Waals surface area contributed by atoms with Gasteiger partial charge in [0.05, 0.1) is 7.11 Å². The number of nitrogens with two attached hydrogens (primary N) is 1. The van der Waals surface area contributed by atoms with Crippen LogP contribution in [0.25, 0.3) is 0 Å². The molecule has 1 heterocycles. The van der Waals surface area contributed by atoms with E-state index in [0.29, 0.717) is 17.4 Å². The summed E-state index contributed by atoms with van der Waals surface area (Å²) in [6, 6.07) is 4.04. The van der Waals surface area contributed by atoms with Gasteiger partial charge < -0.3 is 19.9 Å². The average molecular weight is 286 g/mol. The van der Waals surface area contributed by atoms with E-state index in [9.17, 15) is 0 Å². The quantitative estimate of drug-likeness (QED) is 0.927. The van der Waals surface area contributed by atoms with Crippen molar-refractivity contribution in [3.63, 3.8) is 0 Å². The van der Waals surface area contributed by atoms with Gasteiger partial charge in [-0.25, -0.2) is 0 Å². The Kier molecular flexibility index (Phi) is 4.42. The highest BCUT2D eigenvalue weighted by Gasteiger charge is 2.27. The number of benzene rings is 1. The van der Waals surface area contributed by atoms with Crippen LogP contribution in [0, 0.1) is 5.92 Å². The summed E-state index contributed by atoms with van der Waals surface area (Å²) in [5.41, 5.74) is 7.45. The van der Waals surface area contributed by atoms with Crippen molar-refractivity contribution < 1.29 is 14.2 Å². The van der Waals surface area contributed by atoms with E-state index < -0.39 is 0 Å². The maximum atomic E-state index is 6.37.